The van der Waals surface area contributed by atoms with Gasteiger partial charge in [-0.05, 0) is 19.3 Å². The molecule has 0 radical (unpaired) electrons. The van der Waals surface area contributed by atoms with Crippen molar-refractivity contribution in [3.05, 3.63) is 12.2 Å². The lowest BCUT2D eigenvalue weighted by Gasteiger charge is -2.24. The van der Waals surface area contributed by atoms with Crippen LogP contribution in [0.2, 0.25) is 0 Å². The molecule has 10 heteroatoms. The molecule has 0 fully saturated rings. The molecule has 6 N–H and O–H groups in total. The zero-order valence-corrected chi connectivity index (χ0v) is 33.4. The molecule has 9 nitrogen and oxygen atoms in total. The first-order chi connectivity index (χ1) is 24.3. The van der Waals surface area contributed by atoms with Gasteiger partial charge in [0.15, 0.2) is 0 Å². The van der Waals surface area contributed by atoms with E-state index in [4.69, 9.17) is 14.8 Å². The zero-order valence-electron chi connectivity index (χ0n) is 32.5. The van der Waals surface area contributed by atoms with Crippen LogP contribution >= 0.6 is 7.82 Å². The summed E-state index contributed by atoms with van der Waals surface area (Å²) in [6.45, 7) is 3.93. The number of amides is 1. The number of hydrogen-bond acceptors (Lipinski definition) is 7. The van der Waals surface area contributed by atoms with Gasteiger partial charge in [-0.1, -0.05) is 187 Å². The lowest BCUT2D eigenvalue weighted by molar-refractivity contribution is -0.124. The number of aliphatic hydroxyl groups is 2. The number of rotatable bonds is 39. The van der Waals surface area contributed by atoms with E-state index in [-0.39, 0.29) is 19.6 Å². The molecular formula is C40H81N2O7P. The zero-order chi connectivity index (χ0) is 37.0. The van der Waals surface area contributed by atoms with Crippen LogP contribution in [-0.4, -0.2) is 59.0 Å². The first-order valence-corrected chi connectivity index (χ1v) is 22.4. The van der Waals surface area contributed by atoms with Crippen LogP contribution in [0.1, 0.15) is 200 Å². The molecule has 0 aliphatic heterocycles. The van der Waals surface area contributed by atoms with Crippen molar-refractivity contribution in [2.45, 2.75) is 218 Å². The summed E-state index contributed by atoms with van der Waals surface area (Å²) in [5.41, 5.74) is 5.35. The maximum Gasteiger partial charge on any atom is 0.472 e. The van der Waals surface area contributed by atoms with Crippen LogP contribution in [0.15, 0.2) is 12.2 Å². The highest BCUT2D eigenvalue weighted by Crippen LogP contribution is 2.43. The SMILES string of the molecule is CCCCCCCCCCCCCCCCCCCCC/C=C/C(O)C(COP(=O)(O)OCCN)NC(=O)CC(O)CCCCCCCCC. The van der Waals surface area contributed by atoms with Gasteiger partial charge in [0.1, 0.15) is 0 Å². The number of nitrogens with two attached hydrogens (primary N) is 1. The summed E-state index contributed by atoms with van der Waals surface area (Å²) in [6, 6.07) is -0.975. The van der Waals surface area contributed by atoms with E-state index in [1.807, 2.05) is 6.08 Å². The number of phosphoric acid groups is 1. The second-order valence-electron chi connectivity index (χ2n) is 14.4. The van der Waals surface area contributed by atoms with Crippen LogP contribution in [0, 0.1) is 0 Å². The highest BCUT2D eigenvalue weighted by Gasteiger charge is 2.27. The van der Waals surface area contributed by atoms with Gasteiger partial charge in [0.05, 0.1) is 37.9 Å². The number of allylic oxidation sites excluding steroid dienone is 1. The number of hydrogen-bond donors (Lipinski definition) is 5. The van der Waals surface area contributed by atoms with Gasteiger partial charge in [-0.25, -0.2) is 4.57 Å². The number of carbonyl (C=O) groups excluding carboxylic acids is 1. The van der Waals surface area contributed by atoms with Crippen LogP contribution in [0.5, 0.6) is 0 Å². The Bertz CT molecular complexity index is 817. The Morgan fingerprint density at radius 3 is 1.54 bits per heavy atom. The van der Waals surface area contributed by atoms with Gasteiger partial charge >= 0.3 is 7.82 Å². The third-order valence-corrected chi connectivity index (χ3v) is 10.4. The van der Waals surface area contributed by atoms with E-state index >= 15 is 0 Å². The molecule has 4 unspecified atom stereocenters. The van der Waals surface area contributed by atoms with Crippen molar-refractivity contribution in [1.29, 1.82) is 0 Å². The van der Waals surface area contributed by atoms with E-state index in [0.717, 1.165) is 38.5 Å². The second kappa shape index (κ2) is 36.6. The molecule has 0 saturated heterocycles. The average molecular weight is 733 g/mol. The third-order valence-electron chi connectivity index (χ3n) is 9.42. The van der Waals surface area contributed by atoms with Gasteiger partial charge in [0, 0.05) is 6.54 Å². The minimum absolute atomic E-state index is 0.0511. The quantitative estimate of drug-likeness (QED) is 0.0238. The van der Waals surface area contributed by atoms with E-state index in [9.17, 15) is 24.5 Å². The molecule has 1 amide bonds. The van der Waals surface area contributed by atoms with E-state index in [0.29, 0.717) is 6.42 Å². The summed E-state index contributed by atoms with van der Waals surface area (Å²) >= 11 is 0. The molecule has 0 spiro atoms. The molecule has 298 valence electrons. The molecular weight excluding hydrogens is 651 g/mol. The molecule has 0 aliphatic rings. The summed E-state index contributed by atoms with van der Waals surface area (Å²) < 4.78 is 22.0. The molecule has 0 aliphatic carbocycles. The first kappa shape index (κ1) is 49.2. The Kier molecular flexibility index (Phi) is 36.0. The van der Waals surface area contributed by atoms with Gasteiger partial charge < -0.3 is 26.2 Å². The fraction of sp³-hybridized carbons (Fsp3) is 0.925. The minimum Gasteiger partial charge on any atom is -0.393 e. The molecule has 0 aromatic heterocycles. The predicted octanol–water partition coefficient (Wildman–Crippen LogP) is 10.2. The van der Waals surface area contributed by atoms with Gasteiger partial charge in [0.25, 0.3) is 0 Å². The third kappa shape index (κ3) is 34.3. The van der Waals surface area contributed by atoms with Crippen molar-refractivity contribution in [3.8, 4) is 0 Å². The van der Waals surface area contributed by atoms with E-state index < -0.39 is 38.6 Å². The molecule has 0 heterocycles. The number of aliphatic hydroxyl groups excluding tert-OH is 2. The van der Waals surface area contributed by atoms with Crippen molar-refractivity contribution in [1.82, 2.24) is 5.32 Å². The first-order valence-electron chi connectivity index (χ1n) is 20.9. The largest absolute Gasteiger partial charge is 0.472 e. The van der Waals surface area contributed by atoms with Crippen molar-refractivity contribution >= 4 is 13.7 Å². The van der Waals surface area contributed by atoms with Gasteiger partial charge in [-0.2, -0.15) is 0 Å². The monoisotopic (exact) mass is 733 g/mol. The number of unbranched alkanes of at least 4 members (excludes halogenated alkanes) is 25. The fourth-order valence-corrected chi connectivity index (χ4v) is 6.99. The smallest absolute Gasteiger partial charge is 0.393 e. The minimum atomic E-state index is -4.39. The number of carbonyl (C=O) groups is 1. The van der Waals surface area contributed by atoms with Crippen molar-refractivity contribution in [2.24, 2.45) is 5.73 Å². The second-order valence-corrected chi connectivity index (χ2v) is 15.9. The lowest BCUT2D eigenvalue weighted by Crippen LogP contribution is -2.46. The van der Waals surface area contributed by atoms with Crippen LogP contribution in [0.4, 0.5) is 0 Å². The average Bonchev–Trinajstić information content (AvgIpc) is 3.09. The maximum atomic E-state index is 12.7. The molecule has 0 saturated carbocycles. The summed E-state index contributed by atoms with van der Waals surface area (Å²) in [5.74, 6) is -0.448. The molecule has 0 aromatic rings. The number of phosphoric ester groups is 1. The van der Waals surface area contributed by atoms with Crippen molar-refractivity contribution in [3.63, 3.8) is 0 Å². The van der Waals surface area contributed by atoms with Crippen molar-refractivity contribution in [2.75, 3.05) is 19.8 Å². The van der Waals surface area contributed by atoms with E-state index in [2.05, 4.69) is 19.2 Å². The van der Waals surface area contributed by atoms with Gasteiger partial charge in [-0.15, -0.1) is 0 Å². The Morgan fingerprint density at radius 2 is 1.10 bits per heavy atom. The van der Waals surface area contributed by atoms with Gasteiger partial charge in [0.2, 0.25) is 5.91 Å². The van der Waals surface area contributed by atoms with Crippen molar-refractivity contribution < 1.29 is 33.5 Å². The topological polar surface area (TPSA) is 151 Å². The molecule has 0 aromatic carbocycles. The Hall–Kier alpha value is -0.800. The molecule has 50 heavy (non-hydrogen) atoms. The highest BCUT2D eigenvalue weighted by atomic mass is 31.2. The lowest BCUT2D eigenvalue weighted by atomic mass is 10.0. The van der Waals surface area contributed by atoms with E-state index in [1.165, 1.54) is 135 Å². The summed E-state index contributed by atoms with van der Waals surface area (Å²) in [6.07, 6.45) is 36.1. The molecule has 4 atom stereocenters. The Morgan fingerprint density at radius 1 is 0.680 bits per heavy atom. The Balaban J connectivity index is 4.22. The van der Waals surface area contributed by atoms with Crippen LogP contribution in [0.25, 0.3) is 0 Å². The summed E-state index contributed by atoms with van der Waals surface area (Å²) in [5, 5.41) is 23.9. The molecule has 0 bridgehead atoms. The molecule has 0 rings (SSSR count). The van der Waals surface area contributed by atoms with Gasteiger partial charge in [-0.3, -0.25) is 13.8 Å². The highest BCUT2D eigenvalue weighted by molar-refractivity contribution is 7.47. The standard InChI is InChI=1S/C40H81N2O7P/c1-3-5-7-9-11-12-13-14-15-16-17-18-19-20-21-22-23-24-26-28-30-32-39(44)38(36-49-50(46,47)48-34-33-41)42-40(45)35-37(43)31-29-27-25-10-8-6-4-2/h30,32,37-39,43-44H,3-29,31,33-36,41H2,1-2H3,(H,42,45)(H,46,47)/b32-30+. The summed E-state index contributed by atoms with van der Waals surface area (Å²) in [4.78, 5) is 22.6. The fourth-order valence-electron chi connectivity index (χ4n) is 6.23. The van der Waals surface area contributed by atoms with E-state index in [1.54, 1.807) is 6.08 Å². The number of nitrogens with one attached hydrogen (secondary N) is 1. The Labute approximate surface area is 307 Å². The normalized spacial score (nSPS) is 14.9. The predicted molar refractivity (Wildman–Crippen MR) is 209 cm³/mol. The summed E-state index contributed by atoms with van der Waals surface area (Å²) in [7, 11) is -4.39. The van der Waals surface area contributed by atoms with Crippen LogP contribution < -0.4 is 11.1 Å². The van der Waals surface area contributed by atoms with Crippen LogP contribution in [-0.2, 0) is 18.4 Å². The van der Waals surface area contributed by atoms with Crippen LogP contribution in [0.3, 0.4) is 0 Å². The maximum absolute atomic E-state index is 12.7.